The Morgan fingerprint density at radius 1 is 1.03 bits per heavy atom. The van der Waals surface area contributed by atoms with Crippen LogP contribution in [0.2, 0.25) is 5.02 Å². The van der Waals surface area contributed by atoms with Gasteiger partial charge in [0.05, 0.1) is 5.69 Å². The Kier molecular flexibility index (Phi) is 5.47. The van der Waals surface area contributed by atoms with E-state index in [-0.39, 0.29) is 11.7 Å². The number of rotatable bonds is 4. The summed E-state index contributed by atoms with van der Waals surface area (Å²) in [5.41, 5.74) is 3.25. The fraction of sp³-hybridized carbons (Fsp3) is 0.0455. The van der Waals surface area contributed by atoms with Crippen LogP contribution in [-0.4, -0.2) is 20.7 Å². The number of hydrogen-bond acceptors (Lipinski definition) is 3. The molecule has 0 radical (unpaired) electrons. The first-order chi connectivity index (χ1) is 14.0. The SMILES string of the molecule is Cc1ccc(Cl)cc1-n1nc(C(=O)Nc2ccc(Br)cc2)nc1-c1ccccc1. The molecule has 4 aromatic rings. The van der Waals surface area contributed by atoms with E-state index in [1.807, 2.05) is 67.6 Å². The number of nitrogens with zero attached hydrogens (tertiary/aromatic N) is 3. The molecule has 5 nitrogen and oxygen atoms in total. The third kappa shape index (κ3) is 4.23. The van der Waals surface area contributed by atoms with Crippen LogP contribution in [0.1, 0.15) is 16.2 Å². The third-order valence-corrected chi connectivity index (χ3v) is 5.11. The molecule has 0 aliphatic carbocycles. The summed E-state index contributed by atoms with van der Waals surface area (Å²) in [5, 5.41) is 7.91. The average Bonchev–Trinajstić information content (AvgIpc) is 3.17. The number of benzene rings is 3. The van der Waals surface area contributed by atoms with Crippen LogP contribution >= 0.6 is 27.5 Å². The van der Waals surface area contributed by atoms with Crippen LogP contribution < -0.4 is 5.32 Å². The molecule has 0 aliphatic rings. The molecule has 7 heteroatoms. The van der Waals surface area contributed by atoms with Crippen molar-refractivity contribution < 1.29 is 4.79 Å². The van der Waals surface area contributed by atoms with Crippen molar-refractivity contribution in [2.45, 2.75) is 6.92 Å². The monoisotopic (exact) mass is 466 g/mol. The number of aryl methyl sites for hydroxylation is 1. The van der Waals surface area contributed by atoms with Gasteiger partial charge in [-0.25, -0.2) is 9.67 Å². The minimum Gasteiger partial charge on any atom is -0.319 e. The van der Waals surface area contributed by atoms with E-state index in [1.54, 1.807) is 16.8 Å². The summed E-state index contributed by atoms with van der Waals surface area (Å²) in [4.78, 5) is 17.3. The maximum absolute atomic E-state index is 12.8. The van der Waals surface area contributed by atoms with Crippen LogP contribution in [0, 0.1) is 6.92 Å². The third-order valence-electron chi connectivity index (χ3n) is 4.34. The molecule has 0 fully saturated rings. The van der Waals surface area contributed by atoms with Gasteiger partial charge in [-0.3, -0.25) is 4.79 Å². The van der Waals surface area contributed by atoms with Gasteiger partial charge in [-0.15, -0.1) is 5.10 Å². The molecule has 0 spiro atoms. The molecule has 0 unspecified atom stereocenters. The van der Waals surface area contributed by atoms with Gasteiger partial charge in [-0.1, -0.05) is 63.9 Å². The summed E-state index contributed by atoms with van der Waals surface area (Å²) in [6, 6.07) is 22.5. The van der Waals surface area contributed by atoms with Gasteiger partial charge in [0.15, 0.2) is 5.82 Å². The van der Waals surface area contributed by atoms with Gasteiger partial charge in [0.2, 0.25) is 5.82 Å². The zero-order valence-electron chi connectivity index (χ0n) is 15.4. The maximum Gasteiger partial charge on any atom is 0.295 e. The minimum atomic E-state index is -0.386. The van der Waals surface area contributed by atoms with Gasteiger partial charge < -0.3 is 5.32 Å². The average molecular weight is 468 g/mol. The first-order valence-electron chi connectivity index (χ1n) is 8.87. The second-order valence-corrected chi connectivity index (χ2v) is 7.78. The number of halogens is 2. The molecule has 0 atom stereocenters. The summed E-state index contributed by atoms with van der Waals surface area (Å²) in [6.07, 6.45) is 0. The van der Waals surface area contributed by atoms with Crippen molar-refractivity contribution in [2.75, 3.05) is 5.32 Å². The van der Waals surface area contributed by atoms with Gasteiger partial charge >= 0.3 is 0 Å². The largest absolute Gasteiger partial charge is 0.319 e. The highest BCUT2D eigenvalue weighted by atomic mass is 79.9. The maximum atomic E-state index is 12.8. The number of carbonyl (C=O) groups excluding carboxylic acids is 1. The molecule has 1 N–H and O–H groups in total. The molecule has 4 rings (SSSR count). The predicted molar refractivity (Wildman–Crippen MR) is 119 cm³/mol. The van der Waals surface area contributed by atoms with Crippen molar-refractivity contribution in [2.24, 2.45) is 0 Å². The van der Waals surface area contributed by atoms with E-state index >= 15 is 0 Å². The van der Waals surface area contributed by atoms with E-state index in [1.165, 1.54) is 0 Å². The molecule has 1 amide bonds. The number of nitrogens with one attached hydrogen (secondary N) is 1. The van der Waals surface area contributed by atoms with Crippen molar-refractivity contribution in [3.63, 3.8) is 0 Å². The standard InChI is InChI=1S/C22H16BrClN4O/c1-14-7-10-17(24)13-19(14)28-21(15-5-3-2-4-6-15)26-20(27-28)22(29)25-18-11-8-16(23)9-12-18/h2-13H,1H3,(H,25,29). The molecule has 0 saturated heterocycles. The lowest BCUT2D eigenvalue weighted by Crippen LogP contribution is -2.14. The Hall–Kier alpha value is -2.96. The number of amides is 1. The lowest BCUT2D eigenvalue weighted by Gasteiger charge is -2.09. The molecule has 0 aliphatic heterocycles. The molecule has 1 aromatic heterocycles. The highest BCUT2D eigenvalue weighted by Crippen LogP contribution is 2.25. The topological polar surface area (TPSA) is 59.8 Å². The first kappa shape index (κ1) is 19.4. The van der Waals surface area contributed by atoms with E-state index in [0.29, 0.717) is 16.5 Å². The van der Waals surface area contributed by atoms with Crippen LogP contribution in [0.3, 0.4) is 0 Å². The smallest absolute Gasteiger partial charge is 0.295 e. The Labute approximate surface area is 181 Å². The van der Waals surface area contributed by atoms with Crippen LogP contribution in [0.4, 0.5) is 5.69 Å². The van der Waals surface area contributed by atoms with Crippen molar-refractivity contribution in [3.8, 4) is 17.1 Å². The van der Waals surface area contributed by atoms with E-state index in [9.17, 15) is 4.79 Å². The minimum absolute atomic E-state index is 0.0751. The zero-order valence-corrected chi connectivity index (χ0v) is 17.8. The molecular formula is C22H16BrClN4O. The van der Waals surface area contributed by atoms with E-state index in [4.69, 9.17) is 11.6 Å². The highest BCUT2D eigenvalue weighted by Gasteiger charge is 2.20. The van der Waals surface area contributed by atoms with Crippen LogP contribution in [0.25, 0.3) is 17.1 Å². The number of aromatic nitrogens is 3. The van der Waals surface area contributed by atoms with Gasteiger partial charge in [0, 0.05) is 20.7 Å². The van der Waals surface area contributed by atoms with Crippen molar-refractivity contribution in [1.82, 2.24) is 14.8 Å². The first-order valence-corrected chi connectivity index (χ1v) is 10.0. The normalized spacial score (nSPS) is 10.7. The van der Waals surface area contributed by atoms with Gasteiger partial charge in [-0.05, 0) is 48.9 Å². The lowest BCUT2D eigenvalue weighted by molar-refractivity contribution is 0.101. The van der Waals surface area contributed by atoms with E-state index in [0.717, 1.165) is 21.3 Å². The second-order valence-electron chi connectivity index (χ2n) is 6.43. The predicted octanol–water partition coefficient (Wildman–Crippen LogP) is 5.91. The van der Waals surface area contributed by atoms with Crippen LogP contribution in [0.5, 0.6) is 0 Å². The second kappa shape index (κ2) is 8.19. The zero-order chi connectivity index (χ0) is 20.4. The molecule has 0 saturated carbocycles. The van der Waals surface area contributed by atoms with Gasteiger partial charge in [0.25, 0.3) is 5.91 Å². The van der Waals surface area contributed by atoms with Crippen molar-refractivity contribution in [1.29, 1.82) is 0 Å². The van der Waals surface area contributed by atoms with Gasteiger partial charge in [-0.2, -0.15) is 0 Å². The summed E-state index contributed by atoms with van der Waals surface area (Å²) in [5.74, 6) is 0.256. The Morgan fingerprint density at radius 3 is 2.48 bits per heavy atom. The van der Waals surface area contributed by atoms with Crippen molar-refractivity contribution >= 4 is 39.1 Å². The lowest BCUT2D eigenvalue weighted by atomic mass is 10.2. The molecule has 29 heavy (non-hydrogen) atoms. The fourth-order valence-electron chi connectivity index (χ4n) is 2.88. The quantitative estimate of drug-likeness (QED) is 0.406. The number of hydrogen-bond donors (Lipinski definition) is 1. The molecule has 144 valence electrons. The number of carbonyl (C=O) groups is 1. The molecule has 1 heterocycles. The Morgan fingerprint density at radius 2 is 1.76 bits per heavy atom. The van der Waals surface area contributed by atoms with Crippen molar-refractivity contribution in [3.05, 3.63) is 93.7 Å². The van der Waals surface area contributed by atoms with E-state index in [2.05, 4.69) is 31.3 Å². The summed E-state index contributed by atoms with van der Waals surface area (Å²) in [7, 11) is 0. The fourth-order valence-corrected chi connectivity index (χ4v) is 3.31. The van der Waals surface area contributed by atoms with Gasteiger partial charge in [0.1, 0.15) is 0 Å². The Bertz CT molecular complexity index is 1170. The molecule has 3 aromatic carbocycles. The number of anilines is 1. The summed E-state index contributed by atoms with van der Waals surface area (Å²) in [6.45, 7) is 1.96. The van der Waals surface area contributed by atoms with E-state index < -0.39 is 0 Å². The van der Waals surface area contributed by atoms with Crippen LogP contribution in [0.15, 0.2) is 77.3 Å². The van der Waals surface area contributed by atoms with Crippen LogP contribution in [-0.2, 0) is 0 Å². The summed E-state index contributed by atoms with van der Waals surface area (Å²) >= 11 is 9.59. The Balaban J connectivity index is 1.78. The molecular weight excluding hydrogens is 452 g/mol. The summed E-state index contributed by atoms with van der Waals surface area (Å²) < 4.78 is 2.59. The highest BCUT2D eigenvalue weighted by molar-refractivity contribution is 9.10. The molecule has 0 bridgehead atoms.